The first-order valence-corrected chi connectivity index (χ1v) is 6.15. The molecule has 94 valence electrons. The number of nitrogens with two attached hydrogens (primary N) is 1. The number of ether oxygens (including phenoxy) is 1. The second kappa shape index (κ2) is 6.39. The SMILES string of the molecule is CCCC(C(=O)OCC)n1cccc1C(N)=S. The van der Waals surface area contributed by atoms with Crippen molar-refractivity contribution in [2.75, 3.05) is 6.61 Å². The van der Waals surface area contributed by atoms with Crippen LogP contribution in [0, 0.1) is 0 Å². The smallest absolute Gasteiger partial charge is 0.329 e. The maximum absolute atomic E-state index is 11.9. The maximum Gasteiger partial charge on any atom is 0.329 e. The van der Waals surface area contributed by atoms with Gasteiger partial charge >= 0.3 is 5.97 Å². The van der Waals surface area contributed by atoms with Gasteiger partial charge < -0.3 is 15.0 Å². The summed E-state index contributed by atoms with van der Waals surface area (Å²) in [5.41, 5.74) is 6.33. The number of thiocarbonyl (C=S) groups is 1. The summed E-state index contributed by atoms with van der Waals surface area (Å²) in [5.74, 6) is -0.233. The lowest BCUT2D eigenvalue weighted by atomic mass is 10.1. The molecule has 0 aliphatic rings. The third-order valence-corrected chi connectivity index (χ3v) is 2.70. The minimum absolute atomic E-state index is 0.233. The number of esters is 1. The second-order valence-electron chi connectivity index (χ2n) is 3.72. The Morgan fingerprint density at radius 2 is 2.29 bits per heavy atom. The molecule has 1 heterocycles. The van der Waals surface area contributed by atoms with Crippen LogP contribution >= 0.6 is 12.2 Å². The summed E-state index contributed by atoms with van der Waals surface area (Å²) in [6.07, 6.45) is 3.41. The molecule has 0 amide bonds. The Labute approximate surface area is 107 Å². The summed E-state index contributed by atoms with van der Waals surface area (Å²) < 4.78 is 6.87. The molecule has 0 fully saturated rings. The van der Waals surface area contributed by atoms with E-state index in [2.05, 4.69) is 0 Å². The largest absolute Gasteiger partial charge is 0.464 e. The van der Waals surface area contributed by atoms with Crippen LogP contribution in [0.3, 0.4) is 0 Å². The molecule has 2 N–H and O–H groups in total. The van der Waals surface area contributed by atoms with Crippen LogP contribution in [0.25, 0.3) is 0 Å². The molecule has 0 saturated heterocycles. The van der Waals surface area contributed by atoms with Gasteiger partial charge in [0.2, 0.25) is 0 Å². The molecular formula is C12H18N2O2S. The maximum atomic E-state index is 11.9. The van der Waals surface area contributed by atoms with Crippen LogP contribution in [-0.4, -0.2) is 22.1 Å². The third kappa shape index (κ3) is 3.30. The summed E-state index contributed by atoms with van der Waals surface area (Å²) in [6, 6.07) is 3.30. The normalized spacial score (nSPS) is 12.1. The van der Waals surface area contributed by atoms with E-state index in [9.17, 15) is 4.79 Å². The van der Waals surface area contributed by atoms with Gasteiger partial charge in [0.05, 0.1) is 12.3 Å². The first kappa shape index (κ1) is 13.7. The van der Waals surface area contributed by atoms with Crippen molar-refractivity contribution in [2.45, 2.75) is 32.7 Å². The van der Waals surface area contributed by atoms with Crippen molar-refractivity contribution in [1.29, 1.82) is 0 Å². The molecular weight excluding hydrogens is 236 g/mol. The lowest BCUT2D eigenvalue weighted by molar-refractivity contribution is -0.147. The van der Waals surface area contributed by atoms with Crippen molar-refractivity contribution in [1.82, 2.24) is 4.57 Å². The van der Waals surface area contributed by atoms with Gasteiger partial charge in [-0.25, -0.2) is 4.79 Å². The van der Waals surface area contributed by atoms with E-state index in [-0.39, 0.29) is 12.0 Å². The summed E-state index contributed by atoms with van der Waals surface area (Å²) in [6.45, 7) is 4.20. The number of aromatic nitrogens is 1. The van der Waals surface area contributed by atoms with Crippen LogP contribution in [0.4, 0.5) is 0 Å². The molecule has 0 saturated carbocycles. The van der Waals surface area contributed by atoms with Crippen molar-refractivity contribution in [3.8, 4) is 0 Å². The predicted molar refractivity (Wildman–Crippen MR) is 70.9 cm³/mol. The summed E-state index contributed by atoms with van der Waals surface area (Å²) in [4.78, 5) is 12.2. The van der Waals surface area contributed by atoms with E-state index in [0.29, 0.717) is 23.7 Å². The zero-order valence-corrected chi connectivity index (χ0v) is 11.0. The van der Waals surface area contributed by atoms with Crippen molar-refractivity contribution in [3.63, 3.8) is 0 Å². The number of hydrogen-bond donors (Lipinski definition) is 1. The molecule has 0 aliphatic heterocycles. The molecule has 17 heavy (non-hydrogen) atoms. The third-order valence-electron chi connectivity index (χ3n) is 2.49. The molecule has 5 heteroatoms. The molecule has 0 aliphatic carbocycles. The zero-order valence-electron chi connectivity index (χ0n) is 10.2. The topological polar surface area (TPSA) is 57.2 Å². The lowest BCUT2D eigenvalue weighted by Gasteiger charge is -2.19. The molecule has 0 radical (unpaired) electrons. The standard InChI is InChI=1S/C12H18N2O2S/c1-3-6-10(12(15)16-4-2)14-8-5-7-9(14)11(13)17/h5,7-8,10H,3-4,6H2,1-2H3,(H2,13,17). The van der Waals surface area contributed by atoms with Crippen molar-refractivity contribution < 1.29 is 9.53 Å². The van der Waals surface area contributed by atoms with Crippen molar-refractivity contribution in [3.05, 3.63) is 24.0 Å². The minimum Gasteiger partial charge on any atom is -0.464 e. The van der Waals surface area contributed by atoms with Gasteiger partial charge in [0.15, 0.2) is 0 Å². The van der Waals surface area contributed by atoms with E-state index in [4.69, 9.17) is 22.7 Å². The predicted octanol–water partition coefficient (Wildman–Crippen LogP) is 2.03. The van der Waals surface area contributed by atoms with E-state index < -0.39 is 0 Å². The fourth-order valence-electron chi connectivity index (χ4n) is 1.76. The quantitative estimate of drug-likeness (QED) is 0.623. The second-order valence-corrected chi connectivity index (χ2v) is 4.16. The number of hydrogen-bond acceptors (Lipinski definition) is 3. The van der Waals surface area contributed by atoms with E-state index in [1.807, 2.05) is 25.3 Å². The number of rotatable bonds is 6. The molecule has 1 aromatic rings. The van der Waals surface area contributed by atoms with E-state index in [1.54, 1.807) is 11.5 Å². The average molecular weight is 254 g/mol. The van der Waals surface area contributed by atoms with Gasteiger partial charge in [0.25, 0.3) is 0 Å². The monoisotopic (exact) mass is 254 g/mol. The van der Waals surface area contributed by atoms with Gasteiger partial charge in [-0.1, -0.05) is 25.6 Å². The van der Waals surface area contributed by atoms with Gasteiger partial charge in [0, 0.05) is 6.20 Å². The molecule has 0 bridgehead atoms. The highest BCUT2D eigenvalue weighted by molar-refractivity contribution is 7.80. The molecule has 1 atom stereocenters. The fourth-order valence-corrected chi connectivity index (χ4v) is 1.93. The van der Waals surface area contributed by atoms with Crippen LogP contribution in [-0.2, 0) is 9.53 Å². The highest BCUT2D eigenvalue weighted by Gasteiger charge is 2.22. The summed E-state index contributed by atoms with van der Waals surface area (Å²) in [5, 5.41) is 0. The Morgan fingerprint density at radius 3 is 2.82 bits per heavy atom. The zero-order chi connectivity index (χ0) is 12.8. The first-order chi connectivity index (χ1) is 8.11. The van der Waals surface area contributed by atoms with Crippen LogP contribution in [0.15, 0.2) is 18.3 Å². The summed E-state index contributed by atoms with van der Waals surface area (Å²) >= 11 is 4.96. The molecule has 1 rings (SSSR count). The highest BCUT2D eigenvalue weighted by Crippen LogP contribution is 2.19. The van der Waals surface area contributed by atoms with E-state index in [0.717, 1.165) is 6.42 Å². The Hall–Kier alpha value is -1.36. The number of nitrogens with zero attached hydrogens (tertiary/aromatic N) is 1. The number of carbonyl (C=O) groups is 1. The highest BCUT2D eigenvalue weighted by atomic mass is 32.1. The van der Waals surface area contributed by atoms with Crippen LogP contribution in [0.2, 0.25) is 0 Å². The Balaban J connectivity index is 3.00. The van der Waals surface area contributed by atoms with Gasteiger partial charge in [0.1, 0.15) is 11.0 Å². The summed E-state index contributed by atoms with van der Waals surface area (Å²) in [7, 11) is 0. The van der Waals surface area contributed by atoms with E-state index >= 15 is 0 Å². The lowest BCUT2D eigenvalue weighted by Crippen LogP contribution is -2.26. The minimum atomic E-state index is -0.341. The van der Waals surface area contributed by atoms with Gasteiger partial charge in [-0.3, -0.25) is 0 Å². The van der Waals surface area contributed by atoms with Crippen LogP contribution in [0.5, 0.6) is 0 Å². The van der Waals surface area contributed by atoms with Crippen LogP contribution in [0.1, 0.15) is 38.4 Å². The molecule has 0 spiro atoms. The Morgan fingerprint density at radius 1 is 1.59 bits per heavy atom. The van der Waals surface area contributed by atoms with Gasteiger partial charge in [-0.05, 0) is 25.5 Å². The van der Waals surface area contributed by atoms with Crippen LogP contribution < -0.4 is 5.73 Å². The Kier molecular flexibility index (Phi) is 5.15. The van der Waals surface area contributed by atoms with Crippen molar-refractivity contribution in [2.24, 2.45) is 5.73 Å². The van der Waals surface area contributed by atoms with Crippen molar-refractivity contribution >= 4 is 23.2 Å². The number of carbonyl (C=O) groups excluding carboxylic acids is 1. The molecule has 4 nitrogen and oxygen atoms in total. The first-order valence-electron chi connectivity index (χ1n) is 5.75. The molecule has 1 aromatic heterocycles. The molecule has 0 aromatic carbocycles. The van der Waals surface area contributed by atoms with Gasteiger partial charge in [-0.2, -0.15) is 0 Å². The Bertz CT molecular complexity index is 401. The molecule has 1 unspecified atom stereocenters. The van der Waals surface area contributed by atoms with Gasteiger partial charge in [-0.15, -0.1) is 0 Å². The average Bonchev–Trinajstić information content (AvgIpc) is 2.74. The van der Waals surface area contributed by atoms with E-state index in [1.165, 1.54) is 0 Å². The fraction of sp³-hybridized carbons (Fsp3) is 0.500.